The standard InChI is InChI=1S/C17H21NO2/c1-13-6-4-5-7-14(13)11-18-12-15-8-9-16(19-2)10-17(15)20-3/h4-10,18H,11-12H2,1-3H3. The highest BCUT2D eigenvalue weighted by molar-refractivity contribution is 5.40. The Kier molecular flexibility index (Phi) is 5.02. The van der Waals surface area contributed by atoms with E-state index in [-0.39, 0.29) is 0 Å². The summed E-state index contributed by atoms with van der Waals surface area (Å²) in [6.45, 7) is 3.74. The zero-order chi connectivity index (χ0) is 14.4. The Bertz CT molecular complexity index is 567. The van der Waals surface area contributed by atoms with Gasteiger partial charge >= 0.3 is 0 Å². The fourth-order valence-electron chi connectivity index (χ4n) is 2.14. The molecule has 0 aliphatic carbocycles. The summed E-state index contributed by atoms with van der Waals surface area (Å²) < 4.78 is 10.6. The molecule has 0 saturated heterocycles. The van der Waals surface area contributed by atoms with Gasteiger partial charge in [-0.1, -0.05) is 30.3 Å². The summed E-state index contributed by atoms with van der Waals surface area (Å²) in [6.07, 6.45) is 0. The lowest BCUT2D eigenvalue weighted by Crippen LogP contribution is -2.14. The molecule has 3 nitrogen and oxygen atoms in total. The molecule has 0 saturated carbocycles. The fraction of sp³-hybridized carbons (Fsp3) is 0.294. The lowest BCUT2D eigenvalue weighted by molar-refractivity contribution is 0.390. The summed E-state index contributed by atoms with van der Waals surface area (Å²) in [5.74, 6) is 1.66. The predicted octanol–water partition coefficient (Wildman–Crippen LogP) is 3.30. The van der Waals surface area contributed by atoms with E-state index in [1.165, 1.54) is 11.1 Å². The van der Waals surface area contributed by atoms with Crippen molar-refractivity contribution in [1.29, 1.82) is 0 Å². The Balaban J connectivity index is 1.99. The third-order valence-corrected chi connectivity index (χ3v) is 3.39. The zero-order valence-electron chi connectivity index (χ0n) is 12.3. The van der Waals surface area contributed by atoms with Gasteiger partial charge < -0.3 is 14.8 Å². The van der Waals surface area contributed by atoms with Crippen LogP contribution in [0, 0.1) is 6.92 Å². The average molecular weight is 271 g/mol. The van der Waals surface area contributed by atoms with Gasteiger partial charge in [0, 0.05) is 24.7 Å². The van der Waals surface area contributed by atoms with Crippen LogP contribution in [0.4, 0.5) is 0 Å². The van der Waals surface area contributed by atoms with E-state index in [1.807, 2.05) is 18.2 Å². The number of benzene rings is 2. The van der Waals surface area contributed by atoms with Crippen LogP contribution in [-0.4, -0.2) is 14.2 Å². The molecule has 0 aliphatic heterocycles. The maximum absolute atomic E-state index is 5.39. The predicted molar refractivity (Wildman–Crippen MR) is 81.3 cm³/mol. The van der Waals surface area contributed by atoms with E-state index in [4.69, 9.17) is 9.47 Å². The quantitative estimate of drug-likeness (QED) is 0.874. The summed E-state index contributed by atoms with van der Waals surface area (Å²) >= 11 is 0. The normalized spacial score (nSPS) is 10.3. The highest BCUT2D eigenvalue weighted by Gasteiger charge is 2.05. The number of hydrogen-bond donors (Lipinski definition) is 1. The van der Waals surface area contributed by atoms with Gasteiger partial charge in [0.05, 0.1) is 14.2 Å². The monoisotopic (exact) mass is 271 g/mol. The van der Waals surface area contributed by atoms with Crippen LogP contribution in [0.2, 0.25) is 0 Å². The van der Waals surface area contributed by atoms with Crippen LogP contribution in [0.5, 0.6) is 11.5 Å². The van der Waals surface area contributed by atoms with Gasteiger partial charge in [0.25, 0.3) is 0 Å². The highest BCUT2D eigenvalue weighted by Crippen LogP contribution is 2.24. The van der Waals surface area contributed by atoms with Gasteiger partial charge in [0.2, 0.25) is 0 Å². The Morgan fingerprint density at radius 3 is 2.35 bits per heavy atom. The third-order valence-electron chi connectivity index (χ3n) is 3.39. The molecule has 106 valence electrons. The van der Waals surface area contributed by atoms with Crippen LogP contribution in [0.15, 0.2) is 42.5 Å². The van der Waals surface area contributed by atoms with Crippen molar-refractivity contribution in [3.63, 3.8) is 0 Å². The Hall–Kier alpha value is -2.00. The molecule has 2 rings (SSSR count). The largest absolute Gasteiger partial charge is 0.497 e. The second-order valence-electron chi connectivity index (χ2n) is 4.71. The number of aryl methyl sites for hydroxylation is 1. The highest BCUT2D eigenvalue weighted by atomic mass is 16.5. The van der Waals surface area contributed by atoms with E-state index in [1.54, 1.807) is 14.2 Å². The Labute approximate surface area is 120 Å². The molecule has 20 heavy (non-hydrogen) atoms. The van der Waals surface area contributed by atoms with Crippen LogP contribution >= 0.6 is 0 Å². The summed E-state index contributed by atoms with van der Waals surface area (Å²) in [4.78, 5) is 0. The molecule has 0 amide bonds. The van der Waals surface area contributed by atoms with Gasteiger partial charge in [-0.3, -0.25) is 0 Å². The summed E-state index contributed by atoms with van der Waals surface area (Å²) in [7, 11) is 3.34. The molecule has 1 N–H and O–H groups in total. The van der Waals surface area contributed by atoms with E-state index < -0.39 is 0 Å². The third kappa shape index (κ3) is 3.52. The van der Waals surface area contributed by atoms with E-state index >= 15 is 0 Å². The smallest absolute Gasteiger partial charge is 0.127 e. The lowest BCUT2D eigenvalue weighted by Gasteiger charge is -2.12. The summed E-state index contributed by atoms with van der Waals surface area (Å²) in [5.41, 5.74) is 3.75. The number of ether oxygens (including phenoxy) is 2. The van der Waals surface area contributed by atoms with Crippen LogP contribution in [0.1, 0.15) is 16.7 Å². The van der Waals surface area contributed by atoms with Gasteiger partial charge in [0.1, 0.15) is 11.5 Å². The number of rotatable bonds is 6. The molecule has 0 aliphatic rings. The van der Waals surface area contributed by atoms with Crippen molar-refractivity contribution in [3.05, 3.63) is 59.2 Å². The molecule has 0 fully saturated rings. The van der Waals surface area contributed by atoms with Crippen molar-refractivity contribution < 1.29 is 9.47 Å². The molecule has 0 heterocycles. The van der Waals surface area contributed by atoms with Gasteiger partial charge in [-0.05, 0) is 24.1 Å². The van der Waals surface area contributed by atoms with Crippen molar-refractivity contribution in [3.8, 4) is 11.5 Å². The maximum atomic E-state index is 5.39. The molecule has 0 radical (unpaired) electrons. The lowest BCUT2D eigenvalue weighted by atomic mass is 10.1. The second-order valence-corrected chi connectivity index (χ2v) is 4.71. The van der Waals surface area contributed by atoms with Gasteiger partial charge in [-0.25, -0.2) is 0 Å². The molecule has 0 bridgehead atoms. The topological polar surface area (TPSA) is 30.5 Å². The van der Waals surface area contributed by atoms with Crippen LogP contribution < -0.4 is 14.8 Å². The number of methoxy groups -OCH3 is 2. The van der Waals surface area contributed by atoms with E-state index in [2.05, 4.69) is 36.5 Å². The minimum absolute atomic E-state index is 0.765. The van der Waals surface area contributed by atoms with E-state index in [9.17, 15) is 0 Å². The minimum atomic E-state index is 0.765. The van der Waals surface area contributed by atoms with E-state index in [0.717, 1.165) is 30.2 Å². The first-order valence-electron chi connectivity index (χ1n) is 6.70. The SMILES string of the molecule is COc1ccc(CNCc2ccccc2C)c(OC)c1. The summed E-state index contributed by atoms with van der Waals surface area (Å²) in [6, 6.07) is 14.3. The van der Waals surface area contributed by atoms with Crippen LogP contribution in [0.3, 0.4) is 0 Å². The minimum Gasteiger partial charge on any atom is -0.497 e. The molecule has 0 unspecified atom stereocenters. The first-order valence-corrected chi connectivity index (χ1v) is 6.70. The Morgan fingerprint density at radius 2 is 1.65 bits per heavy atom. The van der Waals surface area contributed by atoms with Gasteiger partial charge in [-0.15, -0.1) is 0 Å². The molecule has 0 atom stereocenters. The first kappa shape index (κ1) is 14.4. The van der Waals surface area contributed by atoms with Gasteiger partial charge in [0.15, 0.2) is 0 Å². The number of nitrogens with one attached hydrogen (secondary N) is 1. The molecule has 2 aromatic rings. The van der Waals surface area contributed by atoms with Crippen molar-refractivity contribution in [2.45, 2.75) is 20.0 Å². The van der Waals surface area contributed by atoms with Crippen molar-refractivity contribution >= 4 is 0 Å². The molecular formula is C17H21NO2. The van der Waals surface area contributed by atoms with E-state index in [0.29, 0.717) is 0 Å². The maximum Gasteiger partial charge on any atom is 0.127 e. The average Bonchev–Trinajstić information content (AvgIpc) is 2.49. The second kappa shape index (κ2) is 6.96. The van der Waals surface area contributed by atoms with Gasteiger partial charge in [-0.2, -0.15) is 0 Å². The molecule has 0 spiro atoms. The molecule has 3 heteroatoms. The summed E-state index contributed by atoms with van der Waals surface area (Å²) in [5, 5.41) is 3.45. The molecule has 0 aromatic heterocycles. The Morgan fingerprint density at radius 1 is 0.900 bits per heavy atom. The van der Waals surface area contributed by atoms with Crippen LogP contribution in [0.25, 0.3) is 0 Å². The van der Waals surface area contributed by atoms with Crippen molar-refractivity contribution in [2.75, 3.05) is 14.2 Å². The first-order chi connectivity index (χ1) is 9.74. The molecule has 2 aromatic carbocycles. The number of hydrogen-bond acceptors (Lipinski definition) is 3. The zero-order valence-corrected chi connectivity index (χ0v) is 12.3. The van der Waals surface area contributed by atoms with Crippen LogP contribution in [-0.2, 0) is 13.1 Å². The van der Waals surface area contributed by atoms with Crippen molar-refractivity contribution in [2.24, 2.45) is 0 Å². The van der Waals surface area contributed by atoms with Crippen molar-refractivity contribution in [1.82, 2.24) is 5.32 Å². The fourth-order valence-corrected chi connectivity index (χ4v) is 2.14. The molecular weight excluding hydrogens is 250 g/mol.